The number of hydrogen-bond donors (Lipinski definition) is 1. The SMILES string of the molecule is OCCSCCC1CCC1. The number of hydrogen-bond acceptors (Lipinski definition) is 2. The van der Waals surface area contributed by atoms with Crippen LogP contribution >= 0.6 is 11.8 Å². The molecule has 0 saturated heterocycles. The van der Waals surface area contributed by atoms with Gasteiger partial charge in [-0.05, 0) is 18.1 Å². The summed E-state index contributed by atoms with van der Waals surface area (Å²) < 4.78 is 0. The van der Waals surface area contributed by atoms with Gasteiger partial charge in [-0.1, -0.05) is 19.3 Å². The van der Waals surface area contributed by atoms with E-state index in [1.54, 1.807) is 0 Å². The molecule has 0 unspecified atom stereocenters. The zero-order valence-corrected chi connectivity index (χ0v) is 7.20. The van der Waals surface area contributed by atoms with E-state index in [2.05, 4.69) is 0 Å². The third kappa shape index (κ3) is 2.93. The van der Waals surface area contributed by atoms with Crippen LogP contribution in [0.4, 0.5) is 0 Å². The van der Waals surface area contributed by atoms with E-state index in [9.17, 15) is 0 Å². The minimum absolute atomic E-state index is 0.343. The first-order valence-electron chi connectivity index (χ1n) is 4.12. The maximum absolute atomic E-state index is 8.48. The van der Waals surface area contributed by atoms with Gasteiger partial charge in [-0.15, -0.1) is 0 Å². The average Bonchev–Trinajstić information content (AvgIpc) is 1.84. The van der Waals surface area contributed by atoms with Crippen LogP contribution in [0, 0.1) is 5.92 Å². The maximum Gasteiger partial charge on any atom is 0.0521 e. The highest BCUT2D eigenvalue weighted by Crippen LogP contribution is 2.30. The normalized spacial score (nSPS) is 18.9. The minimum Gasteiger partial charge on any atom is -0.396 e. The van der Waals surface area contributed by atoms with Crippen molar-refractivity contribution in [2.75, 3.05) is 18.1 Å². The number of rotatable bonds is 5. The van der Waals surface area contributed by atoms with Crippen molar-refractivity contribution >= 4 is 11.8 Å². The maximum atomic E-state index is 8.48. The third-order valence-electron chi connectivity index (χ3n) is 2.13. The zero-order valence-electron chi connectivity index (χ0n) is 6.38. The fourth-order valence-electron chi connectivity index (χ4n) is 1.20. The summed E-state index contributed by atoms with van der Waals surface area (Å²) in [7, 11) is 0. The van der Waals surface area contributed by atoms with Crippen molar-refractivity contribution in [3.05, 3.63) is 0 Å². The second-order valence-corrected chi connectivity index (χ2v) is 4.15. The van der Waals surface area contributed by atoms with Crippen molar-refractivity contribution in [2.24, 2.45) is 5.92 Å². The molecule has 0 amide bonds. The summed E-state index contributed by atoms with van der Waals surface area (Å²) in [5.41, 5.74) is 0. The van der Waals surface area contributed by atoms with Gasteiger partial charge in [0.1, 0.15) is 0 Å². The minimum atomic E-state index is 0.343. The summed E-state index contributed by atoms with van der Waals surface area (Å²) in [6, 6.07) is 0. The van der Waals surface area contributed by atoms with Gasteiger partial charge in [0.05, 0.1) is 6.61 Å². The Morgan fingerprint density at radius 1 is 1.30 bits per heavy atom. The van der Waals surface area contributed by atoms with Gasteiger partial charge >= 0.3 is 0 Å². The molecular weight excluding hydrogens is 144 g/mol. The lowest BCUT2D eigenvalue weighted by atomic mass is 9.84. The van der Waals surface area contributed by atoms with Crippen LogP contribution in [0.1, 0.15) is 25.7 Å². The van der Waals surface area contributed by atoms with Crippen LogP contribution in [0.2, 0.25) is 0 Å². The molecule has 1 saturated carbocycles. The fourth-order valence-corrected chi connectivity index (χ4v) is 2.03. The monoisotopic (exact) mass is 160 g/mol. The summed E-state index contributed by atoms with van der Waals surface area (Å²) in [5.74, 6) is 3.21. The third-order valence-corrected chi connectivity index (χ3v) is 3.13. The van der Waals surface area contributed by atoms with Crippen molar-refractivity contribution in [3.63, 3.8) is 0 Å². The molecule has 2 heteroatoms. The number of aliphatic hydroxyl groups excluding tert-OH is 1. The number of aliphatic hydroxyl groups is 1. The number of thioether (sulfide) groups is 1. The standard InChI is InChI=1S/C8H16OS/c9-5-7-10-6-4-8-2-1-3-8/h8-9H,1-7H2. The Balaban J connectivity index is 1.76. The summed E-state index contributed by atoms with van der Waals surface area (Å²) in [6.07, 6.45) is 5.75. The highest BCUT2D eigenvalue weighted by molar-refractivity contribution is 7.99. The molecule has 0 spiro atoms. The molecule has 10 heavy (non-hydrogen) atoms. The van der Waals surface area contributed by atoms with Gasteiger partial charge < -0.3 is 5.11 Å². The zero-order chi connectivity index (χ0) is 7.23. The van der Waals surface area contributed by atoms with Gasteiger partial charge in [0.25, 0.3) is 0 Å². The Hall–Kier alpha value is 0.310. The van der Waals surface area contributed by atoms with E-state index in [4.69, 9.17) is 5.11 Å². The van der Waals surface area contributed by atoms with Crippen LogP contribution in [-0.4, -0.2) is 23.2 Å². The largest absolute Gasteiger partial charge is 0.396 e. The van der Waals surface area contributed by atoms with Crippen molar-refractivity contribution in [1.82, 2.24) is 0 Å². The second kappa shape index (κ2) is 5.03. The van der Waals surface area contributed by atoms with Crippen LogP contribution in [0.3, 0.4) is 0 Å². The molecule has 1 rings (SSSR count). The smallest absolute Gasteiger partial charge is 0.0521 e. The van der Waals surface area contributed by atoms with Crippen LogP contribution in [0.5, 0.6) is 0 Å². The first-order chi connectivity index (χ1) is 4.93. The molecule has 0 aliphatic heterocycles. The van der Waals surface area contributed by atoms with Gasteiger partial charge in [-0.25, -0.2) is 0 Å². The summed E-state index contributed by atoms with van der Waals surface area (Å²) in [6.45, 7) is 0.343. The lowest BCUT2D eigenvalue weighted by molar-refractivity contribution is 0.308. The quantitative estimate of drug-likeness (QED) is 0.620. The van der Waals surface area contributed by atoms with Gasteiger partial charge in [0, 0.05) is 5.75 Å². The van der Waals surface area contributed by atoms with E-state index in [1.807, 2.05) is 11.8 Å². The molecule has 0 bridgehead atoms. The van der Waals surface area contributed by atoms with E-state index < -0.39 is 0 Å². The van der Waals surface area contributed by atoms with Crippen molar-refractivity contribution in [2.45, 2.75) is 25.7 Å². The van der Waals surface area contributed by atoms with E-state index in [-0.39, 0.29) is 0 Å². The Kier molecular flexibility index (Phi) is 4.23. The fraction of sp³-hybridized carbons (Fsp3) is 1.00. The first kappa shape index (κ1) is 8.41. The molecule has 1 aliphatic carbocycles. The summed E-state index contributed by atoms with van der Waals surface area (Å²) in [5, 5.41) is 8.48. The van der Waals surface area contributed by atoms with Crippen LogP contribution < -0.4 is 0 Å². The molecule has 60 valence electrons. The van der Waals surface area contributed by atoms with Crippen LogP contribution in [0.25, 0.3) is 0 Å². The van der Waals surface area contributed by atoms with E-state index >= 15 is 0 Å². The Labute approximate surface area is 67.2 Å². The molecule has 1 N–H and O–H groups in total. The molecular formula is C8H16OS. The Morgan fingerprint density at radius 2 is 2.10 bits per heavy atom. The highest BCUT2D eigenvalue weighted by Gasteiger charge is 2.15. The van der Waals surface area contributed by atoms with Gasteiger partial charge in [-0.2, -0.15) is 11.8 Å². The van der Waals surface area contributed by atoms with E-state index in [1.165, 1.54) is 31.4 Å². The van der Waals surface area contributed by atoms with Crippen molar-refractivity contribution < 1.29 is 5.11 Å². The molecule has 0 aromatic heterocycles. The molecule has 1 fully saturated rings. The van der Waals surface area contributed by atoms with E-state index in [0.29, 0.717) is 6.61 Å². The predicted molar refractivity (Wildman–Crippen MR) is 46.4 cm³/mol. The predicted octanol–water partition coefficient (Wildman–Crippen LogP) is 1.90. The lowest BCUT2D eigenvalue weighted by Gasteiger charge is -2.24. The summed E-state index contributed by atoms with van der Waals surface area (Å²) >= 11 is 1.88. The van der Waals surface area contributed by atoms with Crippen LogP contribution in [-0.2, 0) is 0 Å². The Morgan fingerprint density at radius 3 is 2.60 bits per heavy atom. The molecule has 1 nitrogen and oxygen atoms in total. The van der Waals surface area contributed by atoms with Crippen molar-refractivity contribution in [1.29, 1.82) is 0 Å². The van der Waals surface area contributed by atoms with Gasteiger partial charge in [0.15, 0.2) is 0 Å². The Bertz CT molecular complexity index is 81.3. The topological polar surface area (TPSA) is 20.2 Å². The molecule has 0 aromatic carbocycles. The first-order valence-corrected chi connectivity index (χ1v) is 5.27. The lowest BCUT2D eigenvalue weighted by Crippen LogP contribution is -2.11. The van der Waals surface area contributed by atoms with Gasteiger partial charge in [-0.3, -0.25) is 0 Å². The van der Waals surface area contributed by atoms with Crippen LogP contribution in [0.15, 0.2) is 0 Å². The average molecular weight is 160 g/mol. The molecule has 1 aliphatic rings. The second-order valence-electron chi connectivity index (χ2n) is 2.92. The molecule has 0 atom stereocenters. The highest BCUT2D eigenvalue weighted by atomic mass is 32.2. The van der Waals surface area contributed by atoms with Crippen molar-refractivity contribution in [3.8, 4) is 0 Å². The molecule has 0 radical (unpaired) electrons. The van der Waals surface area contributed by atoms with Gasteiger partial charge in [0.2, 0.25) is 0 Å². The molecule has 0 heterocycles. The molecule has 0 aromatic rings. The van der Waals surface area contributed by atoms with E-state index in [0.717, 1.165) is 11.7 Å². The summed E-state index contributed by atoms with van der Waals surface area (Å²) in [4.78, 5) is 0.